The molecular formula is C68H115N17O16. The van der Waals surface area contributed by atoms with Crippen molar-refractivity contribution in [2.45, 2.75) is 238 Å². The molecule has 0 bridgehead atoms. The summed E-state index contributed by atoms with van der Waals surface area (Å²) in [5.74, 6) is -15.8. The number of primary amides is 1. The van der Waals surface area contributed by atoms with Crippen LogP contribution in [0.2, 0.25) is 0 Å². The zero-order chi connectivity index (χ0) is 76.2. The normalized spacial score (nSPS) is 15.3. The van der Waals surface area contributed by atoms with Crippen LogP contribution in [0.4, 0.5) is 0 Å². The number of carbonyl (C=O) groups excluding carboxylic acids is 12. The fourth-order valence-corrected chi connectivity index (χ4v) is 11.0. The van der Waals surface area contributed by atoms with Gasteiger partial charge in [0.05, 0.1) is 18.9 Å². The fourth-order valence-electron chi connectivity index (χ4n) is 11.0. The molecule has 2 aromatic rings. The number of nitrogens with two attached hydrogens (primary N) is 5. The number of carboxylic acids is 2. The maximum atomic E-state index is 14.9. The summed E-state index contributed by atoms with van der Waals surface area (Å²) in [4.78, 5) is 194. The van der Waals surface area contributed by atoms with Gasteiger partial charge in [-0.1, -0.05) is 100 Å². The Labute approximate surface area is 591 Å². The molecule has 33 nitrogen and oxygen atoms in total. The van der Waals surface area contributed by atoms with Crippen molar-refractivity contribution >= 4 is 93.7 Å². The van der Waals surface area contributed by atoms with Gasteiger partial charge in [-0.15, -0.1) is 0 Å². The maximum absolute atomic E-state index is 14.9. The number of aromatic amines is 1. The Bertz CT molecular complexity index is 3070. The van der Waals surface area contributed by atoms with Gasteiger partial charge in [0, 0.05) is 23.5 Å². The Hall–Kier alpha value is -8.82. The van der Waals surface area contributed by atoms with Crippen molar-refractivity contribution in [3.8, 4) is 0 Å². The van der Waals surface area contributed by atoms with Crippen LogP contribution in [0.15, 0.2) is 30.5 Å². The number of hydrogen-bond acceptors (Lipinski definition) is 18. The number of nitrogens with one attached hydrogen (secondary N) is 12. The molecule has 13 atom stereocenters. The molecular weight excluding hydrogens is 1310 g/mol. The molecule has 0 aliphatic carbocycles. The third kappa shape index (κ3) is 31.7. The van der Waals surface area contributed by atoms with Crippen LogP contribution in [0.3, 0.4) is 0 Å². The molecule has 1 aromatic heterocycles. The number of fused-ring (bicyclic) bond motifs is 1. The second-order valence-electron chi connectivity index (χ2n) is 27.1. The van der Waals surface area contributed by atoms with E-state index in [0.717, 1.165) is 10.9 Å². The molecule has 0 radical (unpaired) electrons. The number of unbranched alkanes of at least 4 members (excludes halogenated alkanes) is 3. The molecule has 0 saturated heterocycles. The number of carbonyl (C=O) groups is 14. The topological polar surface area (TPSA) is 558 Å². The lowest BCUT2D eigenvalue weighted by molar-refractivity contribution is -0.142. The average molecular weight is 1430 g/mol. The van der Waals surface area contributed by atoms with E-state index in [1.807, 2.05) is 43.4 Å². The highest BCUT2D eigenvalue weighted by Crippen LogP contribution is 2.21. The van der Waals surface area contributed by atoms with Crippen molar-refractivity contribution in [2.24, 2.45) is 58.3 Å². The van der Waals surface area contributed by atoms with E-state index in [1.54, 1.807) is 61.6 Å². The first kappa shape index (κ1) is 88.3. The molecule has 0 aliphatic heterocycles. The minimum atomic E-state index is -1.87. The monoisotopic (exact) mass is 1430 g/mol. The van der Waals surface area contributed by atoms with Crippen molar-refractivity contribution in [1.82, 2.24) is 63.5 Å². The average Bonchev–Trinajstić information content (AvgIpc) is 1.78. The summed E-state index contributed by atoms with van der Waals surface area (Å²) in [5, 5.41) is 47.8. The molecule has 0 saturated carbocycles. The van der Waals surface area contributed by atoms with Crippen molar-refractivity contribution in [3.05, 3.63) is 36.0 Å². The van der Waals surface area contributed by atoms with Gasteiger partial charge < -0.3 is 102 Å². The van der Waals surface area contributed by atoms with Gasteiger partial charge in [-0.05, 0) is 131 Å². The molecule has 0 spiro atoms. The van der Waals surface area contributed by atoms with Crippen LogP contribution in [0.5, 0.6) is 0 Å². The van der Waals surface area contributed by atoms with E-state index in [0.29, 0.717) is 63.5 Å². The van der Waals surface area contributed by atoms with E-state index >= 15 is 0 Å². The van der Waals surface area contributed by atoms with Gasteiger partial charge in [-0.3, -0.25) is 67.1 Å². The van der Waals surface area contributed by atoms with E-state index in [-0.39, 0.29) is 63.5 Å². The molecule has 24 N–H and O–H groups in total. The first-order valence-electron chi connectivity index (χ1n) is 35.1. The minimum Gasteiger partial charge on any atom is -0.481 e. The van der Waals surface area contributed by atoms with Gasteiger partial charge >= 0.3 is 11.9 Å². The Kier molecular flexibility index (Phi) is 40.1. The van der Waals surface area contributed by atoms with Gasteiger partial charge in [0.1, 0.15) is 67.0 Å². The van der Waals surface area contributed by atoms with Gasteiger partial charge in [0.15, 0.2) is 0 Å². The van der Waals surface area contributed by atoms with Crippen LogP contribution in [-0.4, -0.2) is 191 Å². The second-order valence-corrected chi connectivity index (χ2v) is 27.1. The number of benzene rings is 1. The first-order chi connectivity index (χ1) is 47.6. The summed E-state index contributed by atoms with van der Waals surface area (Å²) in [6.45, 7) is 17.3. The first-order valence-corrected chi connectivity index (χ1v) is 35.1. The number of amides is 12. The zero-order valence-electron chi connectivity index (χ0n) is 60.3. The van der Waals surface area contributed by atoms with E-state index in [4.69, 9.17) is 33.8 Å². The Balaban J connectivity index is 2.54. The number of carboxylic acid groups (broad SMARTS) is 2. The second kappa shape index (κ2) is 45.8. The van der Waals surface area contributed by atoms with Gasteiger partial charge in [0.2, 0.25) is 70.9 Å². The van der Waals surface area contributed by atoms with Crippen molar-refractivity contribution < 1.29 is 77.3 Å². The molecule has 0 unspecified atom stereocenters. The summed E-state index contributed by atoms with van der Waals surface area (Å²) in [7, 11) is 0. The molecule has 568 valence electrons. The lowest BCUT2D eigenvalue weighted by atomic mass is 9.93. The quantitative estimate of drug-likeness (QED) is 0.0341. The Morgan fingerprint density at radius 1 is 0.436 bits per heavy atom. The van der Waals surface area contributed by atoms with Gasteiger partial charge in [-0.25, -0.2) is 0 Å². The highest BCUT2D eigenvalue weighted by molar-refractivity contribution is 6.01. The summed E-state index contributed by atoms with van der Waals surface area (Å²) in [5.41, 5.74) is 30.6. The molecule has 101 heavy (non-hydrogen) atoms. The number of aromatic nitrogens is 1. The largest absolute Gasteiger partial charge is 0.481 e. The van der Waals surface area contributed by atoms with Crippen LogP contribution >= 0.6 is 0 Å². The third-order valence-corrected chi connectivity index (χ3v) is 17.2. The van der Waals surface area contributed by atoms with Gasteiger partial charge in [0.25, 0.3) is 0 Å². The van der Waals surface area contributed by atoms with Crippen molar-refractivity contribution in [2.75, 3.05) is 26.2 Å². The highest BCUT2D eigenvalue weighted by Gasteiger charge is 2.39. The predicted molar refractivity (Wildman–Crippen MR) is 377 cm³/mol. The van der Waals surface area contributed by atoms with E-state index < -0.39 is 186 Å². The third-order valence-electron chi connectivity index (χ3n) is 17.2. The lowest BCUT2D eigenvalue weighted by Gasteiger charge is -2.32. The van der Waals surface area contributed by atoms with E-state index in [9.17, 15) is 72.2 Å². The molecule has 2 rings (SSSR count). The standard InChI is InChI=1S/C68H115N17O16/c1-11-39(9)56(84-62(95)47(25-17-20-28-71)77-64(97)49(31-41-34-74-44-22-14-13-21-42(41)44)80-60(93)45(23-15-18-26-69)76-58(91)43(72)29-36(3)4)68(101)85-57(40(10)12-2)67(100)83-55(38(7)8)66(99)78-46(24-16-19-27-70)61(94)79-48(30-37(5)6)63(96)81-50(32-52(73)86)65(98)82-51(33-53(87)88)59(92)75-35-54(89)90/h13-14,21-22,34,36-40,43,45-51,55-57,74H,11-12,15-20,23-33,35,69-72H2,1-10H3,(H2,73,86)(H,75,92)(H,76,91)(H,77,97)(H,78,99)(H,79,94)(H,80,93)(H,81,96)(H,82,98)(H,83,100)(H,84,95)(H,85,101)(H,87,88)(H,89,90)/t39-,40-,43-,45-,46-,47-,48-,49-,50-,51-,55-,56-,57-/m0/s1. The molecule has 0 fully saturated rings. The van der Waals surface area contributed by atoms with E-state index in [1.165, 1.54) is 0 Å². The maximum Gasteiger partial charge on any atom is 0.322 e. The smallest absolute Gasteiger partial charge is 0.322 e. The van der Waals surface area contributed by atoms with Crippen LogP contribution in [0, 0.1) is 29.6 Å². The number of rotatable bonds is 50. The highest BCUT2D eigenvalue weighted by atomic mass is 16.4. The molecule has 33 heteroatoms. The molecule has 1 aromatic carbocycles. The van der Waals surface area contributed by atoms with Crippen molar-refractivity contribution in [1.29, 1.82) is 0 Å². The summed E-state index contributed by atoms with van der Waals surface area (Å²) < 4.78 is 0. The summed E-state index contributed by atoms with van der Waals surface area (Å²) in [6, 6.07) is -7.86. The van der Waals surface area contributed by atoms with Gasteiger partial charge in [-0.2, -0.15) is 0 Å². The minimum absolute atomic E-state index is 0.0366. The molecule has 12 amide bonds. The number of para-hydroxylation sites is 1. The SMILES string of the molecule is CC[C@H](C)[C@H](NC(=O)[C@H](CCCCN)NC(=O)[C@H](Cc1c[nH]c2ccccc12)NC(=O)[C@H](CCCCN)NC(=O)[C@@H](N)CC(C)C)C(=O)N[C@H](C(=O)N[C@H](C(=O)N[C@@H](CCCCN)C(=O)N[C@@H](CC(C)C)C(=O)N[C@@H](CC(N)=O)C(=O)N[C@@H](CC(=O)O)C(=O)NCC(=O)O)C(C)C)[C@@H](C)CC. The fraction of sp³-hybridized carbons (Fsp3) is 0.676. The predicted octanol–water partition coefficient (Wildman–Crippen LogP) is -1.34. The summed E-state index contributed by atoms with van der Waals surface area (Å²) >= 11 is 0. The van der Waals surface area contributed by atoms with Crippen LogP contribution in [0.1, 0.15) is 171 Å². The number of aliphatic carboxylic acids is 2. The summed E-state index contributed by atoms with van der Waals surface area (Å²) in [6.07, 6.45) is 3.35. The molecule has 1 heterocycles. The molecule has 0 aliphatic rings. The van der Waals surface area contributed by atoms with Crippen molar-refractivity contribution in [3.63, 3.8) is 0 Å². The van der Waals surface area contributed by atoms with E-state index in [2.05, 4.69) is 58.2 Å². The number of hydrogen-bond donors (Lipinski definition) is 19. The Morgan fingerprint density at radius 3 is 1.28 bits per heavy atom. The number of H-pyrrole nitrogens is 1. The Morgan fingerprint density at radius 2 is 0.822 bits per heavy atom. The zero-order valence-corrected chi connectivity index (χ0v) is 60.3. The van der Waals surface area contributed by atoms with Crippen LogP contribution in [0.25, 0.3) is 10.9 Å². The lowest BCUT2D eigenvalue weighted by Crippen LogP contribution is -2.62. The van der Waals surface area contributed by atoms with Crippen LogP contribution < -0.4 is 87.2 Å². The van der Waals surface area contributed by atoms with Crippen LogP contribution in [-0.2, 0) is 73.5 Å².